The smallest absolute Gasteiger partial charge is 0.455 e. The molecule has 17 heavy (non-hydrogen) atoms. The number of hydrogen-bond donors (Lipinski definition) is 0. The van der Waals surface area contributed by atoms with Gasteiger partial charge >= 0.3 is 18.9 Å². The Balaban J connectivity index is 0.00000108. The number of hydrogen-bond acceptors (Lipinski definition) is 0. The molecule has 0 nitrogen and oxygen atoms in total. The summed E-state index contributed by atoms with van der Waals surface area (Å²) in [6, 6.07) is 19.8. The summed E-state index contributed by atoms with van der Waals surface area (Å²) in [4.78, 5) is 0. The van der Waals surface area contributed by atoms with Crippen molar-refractivity contribution in [1.29, 1.82) is 0 Å². The summed E-state index contributed by atoms with van der Waals surface area (Å²) >= 11 is 0. The fourth-order valence-corrected chi connectivity index (χ4v) is 2.32. The molecular formula is C15H12FLi. The van der Waals surface area contributed by atoms with Crippen molar-refractivity contribution in [3.8, 4) is 0 Å². The van der Waals surface area contributed by atoms with E-state index in [4.69, 9.17) is 0 Å². The van der Waals surface area contributed by atoms with Crippen LogP contribution >= 0.6 is 0 Å². The van der Waals surface area contributed by atoms with E-state index in [1.165, 1.54) is 0 Å². The van der Waals surface area contributed by atoms with Gasteiger partial charge in [0.05, 0.1) is 0 Å². The minimum Gasteiger partial charge on any atom is -0.455 e. The SMILES string of the molecule is F[C-]1CC1(c1ccccc1)c1ccccc1.[Li+]. The van der Waals surface area contributed by atoms with E-state index in [0.717, 1.165) is 11.1 Å². The van der Waals surface area contributed by atoms with Crippen LogP contribution in [0, 0.1) is 6.17 Å². The summed E-state index contributed by atoms with van der Waals surface area (Å²) < 4.78 is 13.7. The van der Waals surface area contributed by atoms with Gasteiger partial charge in [-0.3, -0.25) is 0 Å². The topological polar surface area (TPSA) is 0 Å². The van der Waals surface area contributed by atoms with Gasteiger partial charge in [-0.25, -0.2) is 0 Å². The number of rotatable bonds is 2. The summed E-state index contributed by atoms with van der Waals surface area (Å²) in [5.41, 5.74) is 1.65. The monoisotopic (exact) mass is 218 g/mol. The van der Waals surface area contributed by atoms with E-state index in [-0.39, 0.29) is 25.0 Å². The third-order valence-corrected chi connectivity index (χ3v) is 3.29. The normalized spacial score (nSPS) is 17.2. The summed E-state index contributed by atoms with van der Waals surface area (Å²) in [6.07, 6.45) is 0.603. The van der Waals surface area contributed by atoms with Gasteiger partial charge in [0, 0.05) is 0 Å². The first kappa shape index (κ1) is 12.4. The zero-order valence-electron chi connectivity index (χ0n) is 9.86. The van der Waals surface area contributed by atoms with Crippen molar-refractivity contribution >= 4 is 0 Å². The maximum absolute atomic E-state index is 13.7. The van der Waals surface area contributed by atoms with Crippen LogP contribution in [-0.4, -0.2) is 0 Å². The standard InChI is InChI=1S/C15H12F.Li/c16-14-11-15(14,12-7-3-1-4-8-12)13-9-5-2-6-10-13;/h1-10H,11H2;/q-1;+1. The molecule has 0 aromatic heterocycles. The van der Waals surface area contributed by atoms with Gasteiger partial charge in [-0.2, -0.15) is 6.42 Å². The maximum Gasteiger partial charge on any atom is 1.00 e. The average Bonchev–Trinajstić information content (AvgIpc) is 3.05. The fourth-order valence-electron chi connectivity index (χ4n) is 2.32. The molecule has 0 saturated heterocycles. The minimum atomic E-state index is -0.456. The predicted molar refractivity (Wildman–Crippen MR) is 62.6 cm³/mol. The third-order valence-electron chi connectivity index (χ3n) is 3.29. The molecule has 0 bridgehead atoms. The van der Waals surface area contributed by atoms with Crippen LogP contribution in [0.25, 0.3) is 0 Å². The molecule has 0 aliphatic heterocycles. The summed E-state index contributed by atoms with van der Waals surface area (Å²) in [7, 11) is 0. The summed E-state index contributed by atoms with van der Waals surface area (Å²) in [5.74, 6) is 0. The Bertz CT molecular complexity index is 441. The molecule has 0 spiro atoms. The zero-order valence-corrected chi connectivity index (χ0v) is 9.86. The molecule has 80 valence electrons. The van der Waals surface area contributed by atoms with E-state index in [9.17, 15) is 4.39 Å². The van der Waals surface area contributed by atoms with Gasteiger partial charge < -0.3 is 4.39 Å². The Hall–Kier alpha value is -1.03. The van der Waals surface area contributed by atoms with E-state index in [0.29, 0.717) is 6.42 Å². The molecule has 1 aliphatic rings. The van der Waals surface area contributed by atoms with Gasteiger partial charge in [-0.15, -0.1) is 6.17 Å². The average molecular weight is 218 g/mol. The molecule has 0 amide bonds. The predicted octanol–water partition coefficient (Wildman–Crippen LogP) is 0.882. The first-order valence-electron chi connectivity index (χ1n) is 5.47. The van der Waals surface area contributed by atoms with E-state index in [2.05, 4.69) is 0 Å². The van der Waals surface area contributed by atoms with Crippen LogP contribution in [0.1, 0.15) is 17.5 Å². The molecule has 0 unspecified atom stereocenters. The Morgan fingerprint density at radius 3 is 1.47 bits per heavy atom. The molecule has 1 fully saturated rings. The van der Waals surface area contributed by atoms with Crippen molar-refractivity contribution < 1.29 is 23.3 Å². The zero-order chi connectivity index (χ0) is 11.0. The van der Waals surface area contributed by atoms with Crippen molar-refractivity contribution in [2.75, 3.05) is 0 Å². The van der Waals surface area contributed by atoms with Crippen LogP contribution in [-0.2, 0) is 5.41 Å². The molecule has 3 rings (SSSR count). The molecule has 0 N–H and O–H groups in total. The second-order valence-electron chi connectivity index (χ2n) is 4.22. The molecule has 0 atom stereocenters. The number of halogens is 1. The van der Waals surface area contributed by atoms with Crippen LogP contribution in [0.2, 0.25) is 0 Å². The van der Waals surface area contributed by atoms with Gasteiger partial charge in [0.15, 0.2) is 0 Å². The van der Waals surface area contributed by atoms with Gasteiger partial charge in [-0.05, 0) is 0 Å². The van der Waals surface area contributed by atoms with Crippen molar-refractivity contribution in [3.05, 3.63) is 78.0 Å². The summed E-state index contributed by atoms with van der Waals surface area (Å²) in [5, 5.41) is 0. The second-order valence-corrected chi connectivity index (χ2v) is 4.22. The van der Waals surface area contributed by atoms with Gasteiger partial charge in [0.25, 0.3) is 0 Å². The largest absolute Gasteiger partial charge is 1.00 e. The molecule has 0 radical (unpaired) electrons. The molecule has 2 heteroatoms. The first-order valence-corrected chi connectivity index (χ1v) is 5.47. The Labute approximate surface area is 113 Å². The van der Waals surface area contributed by atoms with Crippen molar-refractivity contribution in [2.45, 2.75) is 11.8 Å². The van der Waals surface area contributed by atoms with Crippen LogP contribution < -0.4 is 18.9 Å². The van der Waals surface area contributed by atoms with Crippen molar-refractivity contribution in [3.63, 3.8) is 0 Å². The minimum absolute atomic E-state index is 0. The van der Waals surface area contributed by atoms with Gasteiger partial charge in [-0.1, -0.05) is 77.2 Å². The number of benzene rings is 2. The first-order chi connectivity index (χ1) is 7.84. The van der Waals surface area contributed by atoms with E-state index < -0.39 is 5.41 Å². The molecular weight excluding hydrogens is 206 g/mol. The molecule has 0 heterocycles. The van der Waals surface area contributed by atoms with Gasteiger partial charge in [0.1, 0.15) is 0 Å². The maximum atomic E-state index is 13.7. The summed E-state index contributed by atoms with van der Waals surface area (Å²) in [6.45, 7) is 0. The molecule has 1 saturated carbocycles. The third kappa shape index (κ3) is 1.95. The Morgan fingerprint density at radius 2 is 1.18 bits per heavy atom. The van der Waals surface area contributed by atoms with E-state index in [1.807, 2.05) is 60.7 Å². The van der Waals surface area contributed by atoms with Gasteiger partial charge in [0.2, 0.25) is 0 Å². The van der Waals surface area contributed by atoms with Crippen LogP contribution in [0.5, 0.6) is 0 Å². The molecule has 2 aromatic rings. The van der Waals surface area contributed by atoms with Crippen molar-refractivity contribution in [1.82, 2.24) is 0 Å². The van der Waals surface area contributed by atoms with Crippen molar-refractivity contribution in [2.24, 2.45) is 0 Å². The van der Waals surface area contributed by atoms with E-state index >= 15 is 0 Å². The quantitative estimate of drug-likeness (QED) is 0.518. The van der Waals surface area contributed by atoms with Crippen LogP contribution in [0.3, 0.4) is 0 Å². The molecule has 1 aliphatic carbocycles. The van der Waals surface area contributed by atoms with E-state index in [1.54, 1.807) is 0 Å². The Kier molecular flexibility index (Phi) is 3.42. The van der Waals surface area contributed by atoms with Crippen LogP contribution in [0.4, 0.5) is 4.39 Å². The Morgan fingerprint density at radius 1 is 0.824 bits per heavy atom. The second kappa shape index (κ2) is 4.68. The molecule has 2 aromatic carbocycles. The van der Waals surface area contributed by atoms with Crippen LogP contribution in [0.15, 0.2) is 60.7 Å². The fraction of sp³-hybridized carbons (Fsp3) is 0.133.